The van der Waals surface area contributed by atoms with Crippen molar-refractivity contribution in [1.82, 2.24) is 9.80 Å². The lowest BCUT2D eigenvalue weighted by Crippen LogP contribution is -2.49. The van der Waals surface area contributed by atoms with Crippen molar-refractivity contribution in [2.24, 2.45) is 0 Å². The van der Waals surface area contributed by atoms with Gasteiger partial charge in [0.05, 0.1) is 0 Å². The summed E-state index contributed by atoms with van der Waals surface area (Å²) < 4.78 is 0. The summed E-state index contributed by atoms with van der Waals surface area (Å²) in [5, 5.41) is 0. The van der Waals surface area contributed by atoms with Crippen molar-refractivity contribution in [1.29, 1.82) is 0 Å². The molecule has 0 radical (unpaired) electrons. The molecule has 2 amide bonds. The second-order valence-electron chi connectivity index (χ2n) is 6.58. The van der Waals surface area contributed by atoms with Crippen molar-refractivity contribution >= 4 is 23.6 Å². The van der Waals surface area contributed by atoms with E-state index in [1.165, 1.54) is 17.7 Å². The van der Waals surface area contributed by atoms with Crippen LogP contribution in [-0.2, 0) is 16.0 Å². The third-order valence-electron chi connectivity index (χ3n) is 4.91. The van der Waals surface area contributed by atoms with Gasteiger partial charge in [-0.3, -0.25) is 9.59 Å². The van der Waals surface area contributed by atoms with Gasteiger partial charge in [0.1, 0.15) is 0 Å². The van der Waals surface area contributed by atoms with E-state index in [4.69, 9.17) is 0 Å². The van der Waals surface area contributed by atoms with Crippen LogP contribution in [0.3, 0.4) is 0 Å². The van der Waals surface area contributed by atoms with Crippen molar-refractivity contribution < 1.29 is 9.59 Å². The Balaban J connectivity index is 1.62. The summed E-state index contributed by atoms with van der Waals surface area (Å²) in [6.45, 7) is 5.15. The molecule has 5 heteroatoms. The number of rotatable bonds is 2. The van der Waals surface area contributed by atoms with Crippen molar-refractivity contribution in [3.63, 3.8) is 0 Å². The summed E-state index contributed by atoms with van der Waals surface area (Å²) in [5.41, 5.74) is 3.72. The molecule has 0 aliphatic carbocycles. The quantitative estimate of drug-likeness (QED) is 0.778. The van der Waals surface area contributed by atoms with Gasteiger partial charge in [-0.1, -0.05) is 6.07 Å². The Morgan fingerprint density at radius 3 is 2.46 bits per heavy atom. The monoisotopic (exact) mass is 327 g/mol. The molecule has 0 atom stereocenters. The van der Waals surface area contributed by atoms with Crippen LogP contribution in [0, 0.1) is 0 Å². The molecule has 2 aliphatic rings. The van der Waals surface area contributed by atoms with E-state index in [1.54, 1.807) is 17.9 Å². The number of carbonyl (C=O) groups is 2. The fraction of sp³-hybridized carbons (Fsp3) is 0.474. The predicted octanol–water partition coefficient (Wildman–Crippen LogP) is 1.77. The molecule has 1 aromatic carbocycles. The average Bonchev–Trinajstić information content (AvgIpc) is 2.60. The second kappa shape index (κ2) is 7.07. The molecular formula is C19H25N3O2. The zero-order valence-electron chi connectivity index (χ0n) is 14.5. The number of aryl methyl sites for hydroxylation is 1. The Bertz CT molecular complexity index is 661. The number of hydrogen-bond acceptors (Lipinski definition) is 3. The standard InChI is InChI=1S/C19H25N3O2/c1-15(23)21-10-12-22(13-11-21)19(24)8-6-16-5-7-18-17(14-16)4-3-9-20(18)2/h5-8,14H,3-4,9-13H2,1-2H3/b8-6+. The maximum atomic E-state index is 12.3. The molecule has 2 aliphatic heterocycles. The van der Waals surface area contributed by atoms with Crippen LogP contribution in [0.2, 0.25) is 0 Å². The zero-order valence-corrected chi connectivity index (χ0v) is 14.5. The van der Waals surface area contributed by atoms with Crippen molar-refractivity contribution in [2.45, 2.75) is 19.8 Å². The lowest BCUT2D eigenvalue weighted by Gasteiger charge is -2.33. The summed E-state index contributed by atoms with van der Waals surface area (Å²) in [6, 6.07) is 6.39. The Labute approximate surface area is 143 Å². The third kappa shape index (κ3) is 3.61. The van der Waals surface area contributed by atoms with E-state index >= 15 is 0 Å². The van der Waals surface area contributed by atoms with Crippen LogP contribution in [0.25, 0.3) is 6.08 Å². The van der Waals surface area contributed by atoms with E-state index in [2.05, 4.69) is 30.1 Å². The zero-order chi connectivity index (χ0) is 17.1. The molecule has 0 bridgehead atoms. The van der Waals surface area contributed by atoms with Crippen molar-refractivity contribution in [3.05, 3.63) is 35.4 Å². The summed E-state index contributed by atoms with van der Waals surface area (Å²) in [6.07, 6.45) is 5.82. The first-order valence-corrected chi connectivity index (χ1v) is 8.61. The molecule has 0 spiro atoms. The third-order valence-corrected chi connectivity index (χ3v) is 4.91. The van der Waals surface area contributed by atoms with Gasteiger partial charge < -0.3 is 14.7 Å². The molecule has 0 N–H and O–H groups in total. The number of anilines is 1. The van der Waals surface area contributed by atoms with Crippen molar-refractivity contribution in [3.8, 4) is 0 Å². The van der Waals surface area contributed by atoms with Gasteiger partial charge in [-0.2, -0.15) is 0 Å². The first kappa shape index (κ1) is 16.6. The number of piperazine rings is 1. The number of carbonyl (C=O) groups excluding carboxylic acids is 2. The molecule has 0 unspecified atom stereocenters. The fourth-order valence-corrected chi connectivity index (χ4v) is 3.42. The summed E-state index contributed by atoms with van der Waals surface area (Å²) in [4.78, 5) is 29.5. The van der Waals surface area contributed by atoms with Crippen LogP contribution in [-0.4, -0.2) is 61.4 Å². The van der Waals surface area contributed by atoms with Gasteiger partial charge in [-0.05, 0) is 42.2 Å². The summed E-state index contributed by atoms with van der Waals surface area (Å²) in [5.74, 6) is 0.102. The van der Waals surface area contributed by atoms with Gasteiger partial charge in [0, 0.05) is 58.5 Å². The molecule has 1 aromatic rings. The smallest absolute Gasteiger partial charge is 0.246 e. The maximum absolute atomic E-state index is 12.3. The molecule has 0 saturated carbocycles. The largest absolute Gasteiger partial charge is 0.374 e. The highest BCUT2D eigenvalue weighted by Crippen LogP contribution is 2.27. The minimum Gasteiger partial charge on any atom is -0.374 e. The van der Waals surface area contributed by atoms with Gasteiger partial charge in [0.2, 0.25) is 11.8 Å². The SMILES string of the molecule is CC(=O)N1CCN(C(=O)/C=C/c2ccc3c(c2)CCCN3C)CC1. The highest BCUT2D eigenvalue weighted by Gasteiger charge is 2.20. The van der Waals surface area contributed by atoms with E-state index in [-0.39, 0.29) is 11.8 Å². The minimum atomic E-state index is 0.0213. The number of benzene rings is 1. The molecule has 0 aromatic heterocycles. The molecular weight excluding hydrogens is 302 g/mol. The first-order valence-electron chi connectivity index (χ1n) is 8.61. The van der Waals surface area contributed by atoms with E-state index in [0.717, 1.165) is 18.5 Å². The number of hydrogen-bond donors (Lipinski definition) is 0. The van der Waals surface area contributed by atoms with Crippen LogP contribution in [0.1, 0.15) is 24.5 Å². The molecule has 3 rings (SSSR count). The molecule has 24 heavy (non-hydrogen) atoms. The van der Waals surface area contributed by atoms with Crippen molar-refractivity contribution in [2.75, 3.05) is 44.7 Å². The Morgan fingerprint density at radius 1 is 1.04 bits per heavy atom. The van der Waals surface area contributed by atoms with Crippen LogP contribution < -0.4 is 4.90 Å². The van der Waals surface area contributed by atoms with Crippen LogP contribution in [0.4, 0.5) is 5.69 Å². The van der Waals surface area contributed by atoms with Crippen LogP contribution >= 0.6 is 0 Å². The van der Waals surface area contributed by atoms with Crippen LogP contribution in [0.15, 0.2) is 24.3 Å². The second-order valence-corrected chi connectivity index (χ2v) is 6.58. The normalized spacial score (nSPS) is 18.0. The van der Waals surface area contributed by atoms with E-state index in [0.29, 0.717) is 26.2 Å². The Morgan fingerprint density at radius 2 is 1.75 bits per heavy atom. The number of amides is 2. The van der Waals surface area contributed by atoms with Gasteiger partial charge in [0.15, 0.2) is 0 Å². The number of nitrogens with zero attached hydrogens (tertiary/aromatic N) is 3. The molecule has 1 saturated heterocycles. The lowest BCUT2D eigenvalue weighted by molar-refractivity contribution is -0.135. The van der Waals surface area contributed by atoms with Gasteiger partial charge in [-0.15, -0.1) is 0 Å². The van der Waals surface area contributed by atoms with Gasteiger partial charge in [-0.25, -0.2) is 0 Å². The summed E-state index contributed by atoms with van der Waals surface area (Å²) in [7, 11) is 2.12. The summed E-state index contributed by atoms with van der Waals surface area (Å²) >= 11 is 0. The first-order chi connectivity index (χ1) is 11.5. The molecule has 2 heterocycles. The molecule has 1 fully saturated rings. The number of fused-ring (bicyclic) bond motifs is 1. The van der Waals surface area contributed by atoms with Crippen LogP contribution in [0.5, 0.6) is 0 Å². The molecule has 5 nitrogen and oxygen atoms in total. The highest BCUT2D eigenvalue weighted by atomic mass is 16.2. The minimum absolute atomic E-state index is 0.0213. The maximum Gasteiger partial charge on any atom is 0.246 e. The molecule has 128 valence electrons. The average molecular weight is 327 g/mol. The van der Waals surface area contributed by atoms with Gasteiger partial charge >= 0.3 is 0 Å². The van der Waals surface area contributed by atoms with Gasteiger partial charge in [0.25, 0.3) is 0 Å². The van der Waals surface area contributed by atoms with E-state index < -0.39 is 0 Å². The van der Waals surface area contributed by atoms with E-state index in [1.807, 2.05) is 11.0 Å². The topological polar surface area (TPSA) is 43.9 Å². The van der Waals surface area contributed by atoms with E-state index in [9.17, 15) is 9.59 Å². The Kier molecular flexibility index (Phi) is 4.88. The lowest BCUT2D eigenvalue weighted by atomic mass is 9.99. The fourth-order valence-electron chi connectivity index (χ4n) is 3.42. The Hall–Kier alpha value is -2.30. The predicted molar refractivity (Wildman–Crippen MR) is 95.9 cm³/mol. The highest BCUT2D eigenvalue weighted by molar-refractivity contribution is 5.92.